The van der Waals surface area contributed by atoms with Crippen molar-refractivity contribution in [3.8, 4) is 5.75 Å². The molecule has 0 saturated carbocycles. The van der Waals surface area contributed by atoms with Gasteiger partial charge in [-0.05, 0) is 42.5 Å². The predicted molar refractivity (Wildman–Crippen MR) is 83.3 cm³/mol. The quantitative estimate of drug-likeness (QED) is 0.825. The van der Waals surface area contributed by atoms with Gasteiger partial charge in [-0.1, -0.05) is 24.3 Å². The standard InChI is InChI=1S/C16H17NO2S/c1-20-14-7-4-6-13(11-14)17-16(19)10-9-12-5-2-3-8-15(12)18/h2-8,11,18H,9-10H2,1H3,(H,17,19). The Labute approximate surface area is 123 Å². The number of amides is 1. The van der Waals surface area contributed by atoms with E-state index < -0.39 is 0 Å². The minimum absolute atomic E-state index is 0.0495. The van der Waals surface area contributed by atoms with E-state index in [2.05, 4.69) is 5.32 Å². The van der Waals surface area contributed by atoms with E-state index in [1.54, 1.807) is 23.9 Å². The molecule has 1 amide bonds. The number of hydrogen-bond donors (Lipinski definition) is 2. The number of rotatable bonds is 5. The highest BCUT2D eigenvalue weighted by Crippen LogP contribution is 2.20. The maximum absolute atomic E-state index is 11.9. The fourth-order valence-corrected chi connectivity index (χ4v) is 2.35. The molecule has 104 valence electrons. The van der Waals surface area contributed by atoms with Gasteiger partial charge in [0.25, 0.3) is 0 Å². The fourth-order valence-electron chi connectivity index (χ4n) is 1.89. The van der Waals surface area contributed by atoms with Crippen LogP contribution in [0.5, 0.6) is 5.75 Å². The molecule has 0 aliphatic carbocycles. The summed E-state index contributed by atoms with van der Waals surface area (Å²) in [4.78, 5) is 13.0. The first kappa shape index (κ1) is 14.5. The largest absolute Gasteiger partial charge is 0.508 e. The van der Waals surface area contributed by atoms with Crippen molar-refractivity contribution < 1.29 is 9.90 Å². The number of carbonyl (C=O) groups is 1. The van der Waals surface area contributed by atoms with Crippen molar-refractivity contribution in [2.24, 2.45) is 0 Å². The van der Waals surface area contributed by atoms with E-state index in [4.69, 9.17) is 0 Å². The second-order valence-electron chi connectivity index (χ2n) is 4.41. The van der Waals surface area contributed by atoms with Crippen LogP contribution in [0.4, 0.5) is 5.69 Å². The van der Waals surface area contributed by atoms with E-state index in [1.807, 2.05) is 42.7 Å². The van der Waals surface area contributed by atoms with Crippen LogP contribution in [0.15, 0.2) is 53.4 Å². The SMILES string of the molecule is CSc1cccc(NC(=O)CCc2ccccc2O)c1. The second-order valence-corrected chi connectivity index (χ2v) is 5.29. The van der Waals surface area contributed by atoms with Gasteiger partial charge in [0.05, 0.1) is 0 Å². The van der Waals surface area contributed by atoms with E-state index in [9.17, 15) is 9.90 Å². The molecule has 0 spiro atoms. The van der Waals surface area contributed by atoms with Gasteiger partial charge < -0.3 is 10.4 Å². The Morgan fingerprint density at radius 1 is 1.20 bits per heavy atom. The molecule has 0 aliphatic rings. The molecule has 0 atom stereocenters. The summed E-state index contributed by atoms with van der Waals surface area (Å²) in [6.07, 6.45) is 2.88. The van der Waals surface area contributed by atoms with Gasteiger partial charge in [0.1, 0.15) is 5.75 Å². The van der Waals surface area contributed by atoms with Crippen molar-refractivity contribution in [3.63, 3.8) is 0 Å². The summed E-state index contributed by atoms with van der Waals surface area (Å²) in [6, 6.07) is 14.8. The van der Waals surface area contributed by atoms with Crippen LogP contribution in [-0.2, 0) is 11.2 Å². The van der Waals surface area contributed by atoms with Crippen molar-refractivity contribution in [1.29, 1.82) is 0 Å². The van der Waals surface area contributed by atoms with E-state index in [-0.39, 0.29) is 11.7 Å². The number of phenolic OH excluding ortho intramolecular Hbond substituents is 1. The highest BCUT2D eigenvalue weighted by Gasteiger charge is 2.06. The van der Waals surface area contributed by atoms with Crippen molar-refractivity contribution >= 4 is 23.4 Å². The van der Waals surface area contributed by atoms with Crippen LogP contribution in [0.1, 0.15) is 12.0 Å². The van der Waals surface area contributed by atoms with Gasteiger partial charge in [-0.15, -0.1) is 11.8 Å². The van der Waals surface area contributed by atoms with E-state index in [0.29, 0.717) is 12.8 Å². The van der Waals surface area contributed by atoms with Crippen LogP contribution in [0.2, 0.25) is 0 Å². The van der Waals surface area contributed by atoms with Crippen molar-refractivity contribution in [1.82, 2.24) is 0 Å². The fraction of sp³-hybridized carbons (Fsp3) is 0.188. The van der Waals surface area contributed by atoms with E-state index >= 15 is 0 Å². The number of para-hydroxylation sites is 1. The van der Waals surface area contributed by atoms with Crippen LogP contribution < -0.4 is 5.32 Å². The van der Waals surface area contributed by atoms with E-state index in [1.165, 1.54) is 0 Å². The zero-order valence-electron chi connectivity index (χ0n) is 11.3. The van der Waals surface area contributed by atoms with Crippen molar-refractivity contribution in [3.05, 3.63) is 54.1 Å². The van der Waals surface area contributed by atoms with Crippen LogP contribution in [-0.4, -0.2) is 17.3 Å². The van der Waals surface area contributed by atoms with Crippen LogP contribution >= 0.6 is 11.8 Å². The summed E-state index contributed by atoms with van der Waals surface area (Å²) < 4.78 is 0. The van der Waals surface area contributed by atoms with Crippen molar-refractivity contribution in [2.75, 3.05) is 11.6 Å². The Hall–Kier alpha value is -1.94. The summed E-state index contributed by atoms with van der Waals surface area (Å²) in [6.45, 7) is 0. The average molecular weight is 287 g/mol. The van der Waals surface area contributed by atoms with E-state index in [0.717, 1.165) is 16.1 Å². The number of aryl methyl sites for hydroxylation is 1. The topological polar surface area (TPSA) is 49.3 Å². The molecule has 4 heteroatoms. The lowest BCUT2D eigenvalue weighted by molar-refractivity contribution is -0.116. The molecule has 0 saturated heterocycles. The van der Waals surface area contributed by atoms with Gasteiger partial charge in [0.2, 0.25) is 5.91 Å². The van der Waals surface area contributed by atoms with Gasteiger partial charge >= 0.3 is 0 Å². The lowest BCUT2D eigenvalue weighted by atomic mass is 10.1. The number of thioether (sulfide) groups is 1. The summed E-state index contributed by atoms with van der Waals surface area (Å²) in [5.74, 6) is 0.191. The predicted octanol–water partition coefficient (Wildman–Crippen LogP) is 3.69. The Morgan fingerprint density at radius 2 is 2.00 bits per heavy atom. The first-order chi connectivity index (χ1) is 9.69. The molecule has 0 aromatic heterocycles. The second kappa shape index (κ2) is 7.01. The van der Waals surface area contributed by atoms with Gasteiger partial charge in [0, 0.05) is 17.0 Å². The maximum atomic E-state index is 11.9. The Bertz CT molecular complexity index is 599. The summed E-state index contributed by atoms with van der Waals surface area (Å²) in [5, 5.41) is 12.5. The first-order valence-corrected chi connectivity index (χ1v) is 7.62. The minimum atomic E-state index is -0.0495. The minimum Gasteiger partial charge on any atom is -0.508 e. The zero-order chi connectivity index (χ0) is 14.4. The Morgan fingerprint density at radius 3 is 2.75 bits per heavy atom. The molecule has 0 heterocycles. The molecule has 0 radical (unpaired) electrons. The number of anilines is 1. The number of aromatic hydroxyl groups is 1. The lowest BCUT2D eigenvalue weighted by Crippen LogP contribution is -2.12. The highest BCUT2D eigenvalue weighted by atomic mass is 32.2. The average Bonchev–Trinajstić information content (AvgIpc) is 2.46. The van der Waals surface area contributed by atoms with Gasteiger partial charge in [0.15, 0.2) is 0 Å². The van der Waals surface area contributed by atoms with Crippen LogP contribution in [0.3, 0.4) is 0 Å². The number of phenols is 1. The number of hydrogen-bond acceptors (Lipinski definition) is 3. The molecule has 0 fully saturated rings. The number of nitrogens with one attached hydrogen (secondary N) is 1. The van der Waals surface area contributed by atoms with Crippen LogP contribution in [0.25, 0.3) is 0 Å². The van der Waals surface area contributed by atoms with Crippen LogP contribution in [0, 0.1) is 0 Å². The highest BCUT2D eigenvalue weighted by molar-refractivity contribution is 7.98. The third-order valence-electron chi connectivity index (χ3n) is 2.97. The molecule has 2 aromatic carbocycles. The summed E-state index contributed by atoms with van der Waals surface area (Å²) in [7, 11) is 0. The third-order valence-corrected chi connectivity index (χ3v) is 3.69. The lowest BCUT2D eigenvalue weighted by Gasteiger charge is -2.07. The normalized spacial score (nSPS) is 10.2. The van der Waals surface area contributed by atoms with Crippen molar-refractivity contribution in [2.45, 2.75) is 17.7 Å². The third kappa shape index (κ3) is 4.03. The molecule has 0 unspecified atom stereocenters. The smallest absolute Gasteiger partial charge is 0.224 e. The molecule has 20 heavy (non-hydrogen) atoms. The molecule has 2 N–H and O–H groups in total. The number of carbonyl (C=O) groups excluding carboxylic acids is 1. The number of benzene rings is 2. The monoisotopic (exact) mass is 287 g/mol. The molecule has 3 nitrogen and oxygen atoms in total. The molecular formula is C16H17NO2S. The summed E-state index contributed by atoms with van der Waals surface area (Å²) >= 11 is 1.64. The first-order valence-electron chi connectivity index (χ1n) is 6.40. The molecule has 2 aromatic rings. The molecule has 2 rings (SSSR count). The van der Waals surface area contributed by atoms with Gasteiger partial charge in [-0.25, -0.2) is 0 Å². The summed E-state index contributed by atoms with van der Waals surface area (Å²) in [5.41, 5.74) is 1.60. The maximum Gasteiger partial charge on any atom is 0.224 e. The Balaban J connectivity index is 1.91. The van der Waals surface area contributed by atoms with Gasteiger partial charge in [-0.3, -0.25) is 4.79 Å². The van der Waals surface area contributed by atoms with Gasteiger partial charge in [-0.2, -0.15) is 0 Å². The molecular weight excluding hydrogens is 270 g/mol. The zero-order valence-corrected chi connectivity index (χ0v) is 12.1. The molecule has 0 aliphatic heterocycles. The Kier molecular flexibility index (Phi) is 5.07. The molecule has 0 bridgehead atoms.